The molecule has 4 heterocycles. The number of amides is 1. The number of rotatable bonds is 3. The maximum atomic E-state index is 12.5. The van der Waals surface area contributed by atoms with Crippen LogP contribution in [0.1, 0.15) is 48.8 Å². The van der Waals surface area contributed by atoms with E-state index in [2.05, 4.69) is 10.1 Å². The number of hydrogen-bond acceptors (Lipinski definition) is 6. The zero-order chi connectivity index (χ0) is 18.1. The third-order valence-corrected chi connectivity index (χ3v) is 5.23. The summed E-state index contributed by atoms with van der Waals surface area (Å²) in [6, 6.07) is 1.91. The summed E-state index contributed by atoms with van der Waals surface area (Å²) in [4.78, 5) is 23.5. The average Bonchev–Trinajstić information content (AvgIpc) is 3.33. The fourth-order valence-corrected chi connectivity index (χ4v) is 3.83. The zero-order valence-corrected chi connectivity index (χ0v) is 15.3. The first kappa shape index (κ1) is 17.1. The van der Waals surface area contributed by atoms with Crippen molar-refractivity contribution in [3.8, 4) is 11.3 Å². The van der Waals surface area contributed by atoms with Crippen molar-refractivity contribution in [2.24, 2.45) is 0 Å². The summed E-state index contributed by atoms with van der Waals surface area (Å²) in [5.41, 5.74) is 2.74. The van der Waals surface area contributed by atoms with Gasteiger partial charge in [0.25, 0.3) is 5.91 Å². The standard InChI is InChI=1S/C19H24N4O3/c1-12-10-17(26-22-12)15-11-20-13(2)21-18(15)14-5-7-23(8-6-14)19(24)16-4-3-9-25-16/h10-11,14,16H,3-9H2,1-2H3. The van der Waals surface area contributed by atoms with E-state index < -0.39 is 0 Å². The van der Waals surface area contributed by atoms with Gasteiger partial charge in [-0.2, -0.15) is 0 Å². The van der Waals surface area contributed by atoms with E-state index >= 15 is 0 Å². The highest BCUT2D eigenvalue weighted by Gasteiger charge is 2.32. The van der Waals surface area contributed by atoms with Gasteiger partial charge in [-0.1, -0.05) is 5.16 Å². The Bertz CT molecular complexity index is 790. The van der Waals surface area contributed by atoms with Gasteiger partial charge in [-0.3, -0.25) is 4.79 Å². The van der Waals surface area contributed by atoms with Gasteiger partial charge in [0.05, 0.1) is 17.0 Å². The number of aromatic nitrogens is 3. The Kier molecular flexibility index (Phi) is 4.72. The van der Waals surface area contributed by atoms with Crippen LogP contribution in [0.4, 0.5) is 0 Å². The molecule has 4 rings (SSSR count). The molecule has 1 atom stereocenters. The van der Waals surface area contributed by atoms with E-state index in [1.165, 1.54) is 0 Å². The van der Waals surface area contributed by atoms with Crippen molar-refractivity contribution >= 4 is 5.91 Å². The Morgan fingerprint density at radius 3 is 2.69 bits per heavy atom. The summed E-state index contributed by atoms with van der Waals surface area (Å²) in [7, 11) is 0. The molecule has 7 heteroatoms. The van der Waals surface area contributed by atoms with Crippen LogP contribution >= 0.6 is 0 Å². The molecule has 0 saturated carbocycles. The molecule has 2 aliphatic heterocycles. The Balaban J connectivity index is 1.50. The van der Waals surface area contributed by atoms with E-state index in [1.807, 2.05) is 31.0 Å². The summed E-state index contributed by atoms with van der Waals surface area (Å²) in [5.74, 6) is 1.88. The molecule has 1 amide bonds. The molecule has 2 aromatic heterocycles. The van der Waals surface area contributed by atoms with Crippen molar-refractivity contribution in [3.63, 3.8) is 0 Å². The molecule has 2 aliphatic rings. The Hall–Kier alpha value is -2.28. The fourth-order valence-electron chi connectivity index (χ4n) is 3.83. The average molecular weight is 356 g/mol. The number of hydrogen-bond donors (Lipinski definition) is 0. The molecule has 2 saturated heterocycles. The normalized spacial score (nSPS) is 21.3. The zero-order valence-electron chi connectivity index (χ0n) is 15.3. The molecular formula is C19H24N4O3. The molecule has 0 aromatic carbocycles. The quantitative estimate of drug-likeness (QED) is 0.841. The predicted molar refractivity (Wildman–Crippen MR) is 94.5 cm³/mol. The highest BCUT2D eigenvalue weighted by Crippen LogP contribution is 2.34. The topological polar surface area (TPSA) is 81.4 Å². The minimum atomic E-state index is -0.236. The second-order valence-electron chi connectivity index (χ2n) is 7.15. The molecule has 2 fully saturated rings. The summed E-state index contributed by atoms with van der Waals surface area (Å²) >= 11 is 0. The van der Waals surface area contributed by atoms with Gasteiger partial charge in [-0.25, -0.2) is 9.97 Å². The van der Waals surface area contributed by atoms with Gasteiger partial charge in [0, 0.05) is 37.9 Å². The van der Waals surface area contributed by atoms with E-state index in [4.69, 9.17) is 14.2 Å². The smallest absolute Gasteiger partial charge is 0.251 e. The van der Waals surface area contributed by atoms with Crippen LogP contribution in [0, 0.1) is 13.8 Å². The molecule has 2 aromatic rings. The third kappa shape index (κ3) is 3.35. The van der Waals surface area contributed by atoms with Crippen LogP contribution in [0.2, 0.25) is 0 Å². The van der Waals surface area contributed by atoms with E-state index in [9.17, 15) is 4.79 Å². The maximum Gasteiger partial charge on any atom is 0.251 e. The second kappa shape index (κ2) is 7.15. The van der Waals surface area contributed by atoms with Gasteiger partial charge in [-0.05, 0) is 39.5 Å². The van der Waals surface area contributed by atoms with Crippen molar-refractivity contribution in [2.45, 2.75) is 51.6 Å². The first-order chi connectivity index (χ1) is 12.6. The van der Waals surface area contributed by atoms with Crippen LogP contribution in [-0.4, -0.2) is 51.7 Å². The number of likely N-dealkylation sites (tertiary alicyclic amines) is 1. The van der Waals surface area contributed by atoms with Crippen LogP contribution in [0.3, 0.4) is 0 Å². The molecule has 0 bridgehead atoms. The lowest BCUT2D eigenvalue weighted by Gasteiger charge is -2.33. The Morgan fingerprint density at radius 2 is 2.04 bits per heavy atom. The van der Waals surface area contributed by atoms with Gasteiger partial charge < -0.3 is 14.2 Å². The van der Waals surface area contributed by atoms with Crippen molar-refractivity contribution in [1.82, 2.24) is 20.0 Å². The lowest BCUT2D eigenvalue weighted by Crippen LogP contribution is -2.43. The summed E-state index contributed by atoms with van der Waals surface area (Å²) in [5, 5.41) is 3.98. The summed E-state index contributed by atoms with van der Waals surface area (Å²) in [6.07, 6.45) is 5.18. The van der Waals surface area contributed by atoms with Crippen LogP contribution in [0.25, 0.3) is 11.3 Å². The van der Waals surface area contributed by atoms with Crippen molar-refractivity contribution in [3.05, 3.63) is 29.5 Å². The van der Waals surface area contributed by atoms with Crippen LogP contribution in [-0.2, 0) is 9.53 Å². The van der Waals surface area contributed by atoms with Crippen LogP contribution in [0.15, 0.2) is 16.8 Å². The molecular weight excluding hydrogens is 332 g/mol. The van der Waals surface area contributed by atoms with E-state index in [1.54, 1.807) is 0 Å². The lowest BCUT2D eigenvalue weighted by atomic mass is 9.90. The third-order valence-electron chi connectivity index (χ3n) is 5.23. The SMILES string of the molecule is Cc1cc(-c2cnc(C)nc2C2CCN(C(=O)C3CCCO3)CC2)on1. The first-order valence-electron chi connectivity index (χ1n) is 9.29. The second-order valence-corrected chi connectivity index (χ2v) is 7.15. The van der Waals surface area contributed by atoms with Crippen molar-refractivity contribution < 1.29 is 14.1 Å². The molecule has 138 valence electrons. The molecule has 0 spiro atoms. The number of piperidine rings is 1. The number of ether oxygens (including phenoxy) is 1. The summed E-state index contributed by atoms with van der Waals surface area (Å²) < 4.78 is 11.0. The largest absolute Gasteiger partial charge is 0.368 e. The van der Waals surface area contributed by atoms with Crippen molar-refractivity contribution in [2.75, 3.05) is 19.7 Å². The number of carbonyl (C=O) groups is 1. The van der Waals surface area contributed by atoms with Gasteiger partial charge in [0.15, 0.2) is 5.76 Å². The monoisotopic (exact) mass is 356 g/mol. The minimum absolute atomic E-state index is 0.144. The lowest BCUT2D eigenvalue weighted by molar-refractivity contribution is -0.142. The highest BCUT2D eigenvalue weighted by molar-refractivity contribution is 5.81. The van der Waals surface area contributed by atoms with Crippen LogP contribution in [0.5, 0.6) is 0 Å². The molecule has 1 unspecified atom stereocenters. The number of aryl methyl sites for hydroxylation is 2. The van der Waals surface area contributed by atoms with Gasteiger partial charge in [0.2, 0.25) is 0 Å². The van der Waals surface area contributed by atoms with Gasteiger partial charge in [-0.15, -0.1) is 0 Å². The van der Waals surface area contributed by atoms with Crippen LogP contribution < -0.4 is 0 Å². The Labute approximate surface area is 152 Å². The number of carbonyl (C=O) groups excluding carboxylic acids is 1. The van der Waals surface area contributed by atoms with E-state index in [0.717, 1.165) is 61.5 Å². The first-order valence-corrected chi connectivity index (χ1v) is 9.29. The van der Waals surface area contributed by atoms with E-state index in [0.29, 0.717) is 12.4 Å². The molecule has 0 radical (unpaired) electrons. The Morgan fingerprint density at radius 1 is 1.23 bits per heavy atom. The van der Waals surface area contributed by atoms with Gasteiger partial charge >= 0.3 is 0 Å². The minimum Gasteiger partial charge on any atom is -0.368 e. The molecule has 7 nitrogen and oxygen atoms in total. The van der Waals surface area contributed by atoms with E-state index in [-0.39, 0.29) is 17.9 Å². The van der Waals surface area contributed by atoms with Crippen molar-refractivity contribution in [1.29, 1.82) is 0 Å². The summed E-state index contributed by atoms with van der Waals surface area (Å²) in [6.45, 7) is 5.97. The maximum absolute atomic E-state index is 12.5. The molecule has 0 aliphatic carbocycles. The molecule has 26 heavy (non-hydrogen) atoms. The molecule has 0 N–H and O–H groups in total. The number of nitrogens with zero attached hydrogens (tertiary/aromatic N) is 4. The predicted octanol–water partition coefficient (Wildman–Crippen LogP) is 2.63. The van der Waals surface area contributed by atoms with Gasteiger partial charge in [0.1, 0.15) is 11.9 Å². The highest BCUT2D eigenvalue weighted by atomic mass is 16.5. The fraction of sp³-hybridized carbons (Fsp3) is 0.579.